The molecule has 2 N–H and O–H groups in total. The molecule has 2 aliphatic rings. The van der Waals surface area contributed by atoms with Crippen LogP contribution in [-0.4, -0.2) is 47.3 Å². The maximum absolute atomic E-state index is 14.7. The van der Waals surface area contributed by atoms with Gasteiger partial charge in [-0.3, -0.25) is 9.59 Å². The Bertz CT molecular complexity index is 1300. The van der Waals surface area contributed by atoms with Gasteiger partial charge in [0.1, 0.15) is 11.9 Å². The highest BCUT2D eigenvalue weighted by molar-refractivity contribution is 8.01. The molecule has 0 radical (unpaired) electrons. The topological polar surface area (TPSA) is 75.9 Å². The summed E-state index contributed by atoms with van der Waals surface area (Å²) in [4.78, 5) is 27.0. The molecule has 1 saturated heterocycles. The number of anilines is 1. The summed E-state index contributed by atoms with van der Waals surface area (Å²) in [5.41, 5.74) is 6.78. The monoisotopic (exact) mass is 647 g/mol. The fourth-order valence-corrected chi connectivity index (χ4v) is 6.11. The van der Waals surface area contributed by atoms with Crippen LogP contribution in [0.25, 0.3) is 0 Å². The normalized spacial score (nSPS) is 18.5. The highest BCUT2D eigenvalue weighted by atomic mass is 35.5. The van der Waals surface area contributed by atoms with Crippen molar-refractivity contribution >= 4 is 52.7 Å². The molecule has 10 heteroatoms. The molecule has 1 saturated carbocycles. The largest absolute Gasteiger partial charge is 0.370 e. The second kappa shape index (κ2) is 17.5. The molecule has 0 bridgehead atoms. The zero-order valence-electron chi connectivity index (χ0n) is 24.8. The number of halogens is 3. The predicted octanol–water partition coefficient (Wildman–Crippen LogP) is 8.09. The number of para-hydroxylation sites is 1. The standard InChI is InChI=1S/C25H29ClFN3O3S.C6H5Cl.C2H6/c1-2-18(14-29(34-19-11-12-19)21-6-4-3-5-20(21)27)30-22(16-7-9-17(26)10-8-16)15-33-23(25(30)32)13-24(28)31;7-6-4-2-1-3-5-6;1-2/h3-10,18-19,22-23H,2,11-15H2,1H3,(H2,28,31);1-5H;1-2H3. The average molecular weight is 649 g/mol. The third-order valence-electron chi connectivity index (χ3n) is 6.86. The lowest BCUT2D eigenvalue weighted by Crippen LogP contribution is -2.56. The summed E-state index contributed by atoms with van der Waals surface area (Å²) in [5.74, 6) is -1.16. The van der Waals surface area contributed by atoms with Gasteiger partial charge in [-0.1, -0.05) is 86.4 Å². The summed E-state index contributed by atoms with van der Waals surface area (Å²) in [6, 6.07) is 22.9. The van der Waals surface area contributed by atoms with Crippen LogP contribution in [0.1, 0.15) is 58.1 Å². The first-order valence-electron chi connectivity index (χ1n) is 14.6. The van der Waals surface area contributed by atoms with E-state index in [0.717, 1.165) is 23.4 Å². The van der Waals surface area contributed by atoms with Gasteiger partial charge in [-0.05, 0) is 73.2 Å². The molecule has 1 aliphatic heterocycles. The van der Waals surface area contributed by atoms with Crippen molar-refractivity contribution < 1.29 is 18.7 Å². The van der Waals surface area contributed by atoms with E-state index in [2.05, 4.69) is 0 Å². The van der Waals surface area contributed by atoms with Crippen molar-refractivity contribution in [3.8, 4) is 0 Å². The Hall–Kier alpha value is -2.78. The number of hydrogen-bond acceptors (Lipinski definition) is 5. The molecule has 0 spiro atoms. The molecule has 3 atom stereocenters. The summed E-state index contributed by atoms with van der Waals surface area (Å²) in [7, 11) is 0. The third kappa shape index (κ3) is 10.4. The zero-order valence-corrected chi connectivity index (χ0v) is 27.1. The van der Waals surface area contributed by atoms with E-state index >= 15 is 0 Å². The molecule has 5 rings (SSSR count). The molecule has 6 nitrogen and oxygen atoms in total. The third-order valence-corrected chi connectivity index (χ3v) is 8.73. The Balaban J connectivity index is 0.000000487. The van der Waals surface area contributed by atoms with Crippen LogP contribution in [0.15, 0.2) is 78.9 Å². The number of amides is 2. The number of hydrogen-bond donors (Lipinski definition) is 1. The van der Waals surface area contributed by atoms with Gasteiger partial charge in [-0.15, -0.1) is 0 Å². The van der Waals surface area contributed by atoms with Gasteiger partial charge >= 0.3 is 0 Å². The second-order valence-electron chi connectivity index (χ2n) is 9.98. The van der Waals surface area contributed by atoms with Gasteiger partial charge in [0.25, 0.3) is 5.91 Å². The summed E-state index contributed by atoms with van der Waals surface area (Å²) in [6.07, 6.45) is 1.74. The first kappa shape index (κ1) is 34.7. The number of nitrogens with zero attached hydrogens (tertiary/aromatic N) is 2. The second-order valence-corrected chi connectivity index (χ2v) is 12.2. The van der Waals surface area contributed by atoms with Crippen molar-refractivity contribution in [2.45, 2.75) is 69.9 Å². The fraction of sp³-hybridized carbons (Fsp3) is 0.394. The molecule has 0 aromatic heterocycles. The fourth-order valence-electron chi connectivity index (χ4n) is 4.61. The van der Waals surface area contributed by atoms with Crippen LogP contribution in [0.3, 0.4) is 0 Å². The quantitative estimate of drug-likeness (QED) is 0.225. The Morgan fingerprint density at radius 1 is 1.02 bits per heavy atom. The van der Waals surface area contributed by atoms with E-state index in [4.69, 9.17) is 33.7 Å². The van der Waals surface area contributed by atoms with Gasteiger partial charge < -0.3 is 19.7 Å². The van der Waals surface area contributed by atoms with Crippen molar-refractivity contribution in [1.82, 2.24) is 4.90 Å². The maximum atomic E-state index is 14.7. The highest BCUT2D eigenvalue weighted by Crippen LogP contribution is 2.41. The first-order valence-corrected chi connectivity index (χ1v) is 16.2. The minimum Gasteiger partial charge on any atom is -0.370 e. The number of morpholine rings is 1. The maximum Gasteiger partial charge on any atom is 0.253 e. The van der Waals surface area contributed by atoms with E-state index in [0.29, 0.717) is 28.9 Å². The molecule has 3 unspecified atom stereocenters. The lowest BCUT2D eigenvalue weighted by molar-refractivity contribution is -0.166. The Labute approximate surface area is 268 Å². The molecule has 1 aliphatic carbocycles. The summed E-state index contributed by atoms with van der Waals surface area (Å²) in [5, 5.41) is 1.85. The summed E-state index contributed by atoms with van der Waals surface area (Å²) < 4.78 is 22.5. The van der Waals surface area contributed by atoms with Crippen LogP contribution in [0.4, 0.5) is 10.1 Å². The van der Waals surface area contributed by atoms with E-state index in [1.54, 1.807) is 36.2 Å². The summed E-state index contributed by atoms with van der Waals surface area (Å²) >= 11 is 13.3. The van der Waals surface area contributed by atoms with Crippen molar-refractivity contribution in [2.24, 2.45) is 5.73 Å². The molecule has 232 valence electrons. The molecular weight excluding hydrogens is 608 g/mol. The SMILES string of the molecule is CC.CCC(CN(SC1CC1)c1ccccc1F)N1C(=O)C(CC(N)=O)OCC1c1ccc(Cl)cc1.Clc1ccccc1. The van der Waals surface area contributed by atoms with E-state index in [9.17, 15) is 14.0 Å². The number of nitrogens with two attached hydrogens (primary N) is 1. The van der Waals surface area contributed by atoms with E-state index in [-0.39, 0.29) is 36.8 Å². The van der Waals surface area contributed by atoms with E-state index in [1.807, 2.05) is 78.5 Å². The molecule has 3 aromatic carbocycles. The van der Waals surface area contributed by atoms with Gasteiger partial charge in [0.15, 0.2) is 0 Å². The highest BCUT2D eigenvalue weighted by Gasteiger charge is 2.42. The molecule has 1 heterocycles. The van der Waals surface area contributed by atoms with Crippen LogP contribution in [0.5, 0.6) is 0 Å². The Kier molecular flexibility index (Phi) is 14.1. The van der Waals surface area contributed by atoms with Crippen LogP contribution in [0.2, 0.25) is 10.0 Å². The van der Waals surface area contributed by atoms with E-state index < -0.39 is 12.0 Å². The number of benzene rings is 3. The zero-order chi connectivity index (χ0) is 31.4. The number of primary amides is 1. The molecular formula is C33H40Cl2FN3O3S. The number of carbonyl (C=O) groups is 2. The van der Waals surface area contributed by atoms with Crippen molar-refractivity contribution in [3.05, 3.63) is 100 Å². The Morgan fingerprint density at radius 3 is 2.16 bits per heavy atom. The molecule has 2 fully saturated rings. The van der Waals surface area contributed by atoms with Gasteiger partial charge in [-0.2, -0.15) is 0 Å². The smallest absolute Gasteiger partial charge is 0.253 e. The number of ether oxygens (including phenoxy) is 1. The minimum atomic E-state index is -0.923. The van der Waals surface area contributed by atoms with Crippen LogP contribution in [0, 0.1) is 5.82 Å². The molecule has 3 aromatic rings. The number of rotatable bonds is 10. The lowest BCUT2D eigenvalue weighted by atomic mass is 9.98. The van der Waals surface area contributed by atoms with Gasteiger partial charge in [0.05, 0.1) is 37.3 Å². The van der Waals surface area contributed by atoms with Crippen LogP contribution in [-0.2, 0) is 14.3 Å². The first-order chi connectivity index (χ1) is 20.8. The van der Waals surface area contributed by atoms with Crippen LogP contribution < -0.4 is 10.0 Å². The van der Waals surface area contributed by atoms with Gasteiger partial charge in [-0.25, -0.2) is 4.39 Å². The summed E-state index contributed by atoms with van der Waals surface area (Å²) in [6.45, 7) is 6.69. The van der Waals surface area contributed by atoms with Crippen molar-refractivity contribution in [1.29, 1.82) is 0 Å². The lowest BCUT2D eigenvalue weighted by Gasteiger charge is -2.45. The van der Waals surface area contributed by atoms with Gasteiger partial charge in [0.2, 0.25) is 5.91 Å². The Morgan fingerprint density at radius 2 is 1.63 bits per heavy atom. The molecule has 43 heavy (non-hydrogen) atoms. The average Bonchev–Trinajstić information content (AvgIpc) is 3.83. The van der Waals surface area contributed by atoms with Crippen LogP contribution >= 0.6 is 35.1 Å². The minimum absolute atomic E-state index is 0.174. The van der Waals surface area contributed by atoms with Gasteiger partial charge in [0, 0.05) is 15.3 Å². The van der Waals surface area contributed by atoms with Crippen molar-refractivity contribution in [3.63, 3.8) is 0 Å². The van der Waals surface area contributed by atoms with Crippen molar-refractivity contribution in [2.75, 3.05) is 17.5 Å². The molecule has 2 amide bonds. The van der Waals surface area contributed by atoms with E-state index in [1.165, 1.54) is 6.07 Å². The predicted molar refractivity (Wildman–Crippen MR) is 176 cm³/mol. The number of carbonyl (C=O) groups excluding carboxylic acids is 2.